The van der Waals surface area contributed by atoms with Crippen LogP contribution in [0.25, 0.3) is 0 Å². The third-order valence-corrected chi connectivity index (χ3v) is 3.41. The quantitative estimate of drug-likeness (QED) is 0.858. The Bertz CT molecular complexity index is 619. The summed E-state index contributed by atoms with van der Waals surface area (Å²) in [6, 6.07) is 9.22. The standard InChI is InChI=1S/C16H16ClF2NO/c1-2-20-9-11-6-7-15(14(19)8-11)21-10-12-4-3-5-13(18)16(12)17/h3-8,20H,2,9-10H2,1H3. The highest BCUT2D eigenvalue weighted by atomic mass is 35.5. The normalized spacial score (nSPS) is 10.7. The summed E-state index contributed by atoms with van der Waals surface area (Å²) >= 11 is 5.82. The van der Waals surface area contributed by atoms with Crippen molar-refractivity contribution in [2.45, 2.75) is 20.1 Å². The summed E-state index contributed by atoms with van der Waals surface area (Å²) in [5.41, 5.74) is 1.32. The van der Waals surface area contributed by atoms with E-state index in [1.54, 1.807) is 18.2 Å². The van der Waals surface area contributed by atoms with Gasteiger partial charge in [0.2, 0.25) is 0 Å². The Morgan fingerprint density at radius 3 is 2.67 bits per heavy atom. The fraction of sp³-hybridized carbons (Fsp3) is 0.250. The molecule has 0 heterocycles. The first-order valence-electron chi connectivity index (χ1n) is 6.66. The number of benzene rings is 2. The molecule has 2 aromatic rings. The molecule has 112 valence electrons. The molecule has 0 saturated heterocycles. The van der Waals surface area contributed by atoms with Crippen LogP contribution in [0.15, 0.2) is 36.4 Å². The molecule has 0 bridgehead atoms. The average Bonchev–Trinajstić information content (AvgIpc) is 2.48. The highest BCUT2D eigenvalue weighted by molar-refractivity contribution is 6.31. The molecular weight excluding hydrogens is 296 g/mol. The van der Waals surface area contributed by atoms with Crippen LogP contribution in [0.3, 0.4) is 0 Å². The van der Waals surface area contributed by atoms with Crippen LogP contribution in [0, 0.1) is 11.6 Å². The molecule has 0 aliphatic rings. The van der Waals surface area contributed by atoms with Gasteiger partial charge in [0.25, 0.3) is 0 Å². The maximum Gasteiger partial charge on any atom is 0.165 e. The molecule has 0 unspecified atom stereocenters. The third kappa shape index (κ3) is 4.16. The molecule has 0 atom stereocenters. The number of halogens is 3. The summed E-state index contributed by atoms with van der Waals surface area (Å²) in [6.07, 6.45) is 0. The molecule has 0 aliphatic carbocycles. The SMILES string of the molecule is CCNCc1ccc(OCc2cccc(F)c2Cl)c(F)c1. The van der Waals surface area contributed by atoms with Crippen LogP contribution in [-0.4, -0.2) is 6.54 Å². The van der Waals surface area contributed by atoms with Gasteiger partial charge in [-0.2, -0.15) is 0 Å². The van der Waals surface area contributed by atoms with Crippen molar-refractivity contribution in [2.75, 3.05) is 6.54 Å². The van der Waals surface area contributed by atoms with E-state index < -0.39 is 11.6 Å². The van der Waals surface area contributed by atoms with Crippen molar-refractivity contribution in [3.63, 3.8) is 0 Å². The van der Waals surface area contributed by atoms with Crippen LogP contribution in [0.1, 0.15) is 18.1 Å². The summed E-state index contributed by atoms with van der Waals surface area (Å²) in [5, 5.41) is 3.12. The Morgan fingerprint density at radius 2 is 1.95 bits per heavy atom. The first kappa shape index (κ1) is 15.7. The lowest BCUT2D eigenvalue weighted by atomic mass is 10.2. The summed E-state index contributed by atoms with van der Waals surface area (Å²) in [6.45, 7) is 3.41. The summed E-state index contributed by atoms with van der Waals surface area (Å²) < 4.78 is 32.6. The maximum atomic E-state index is 13.9. The van der Waals surface area contributed by atoms with Crippen LogP contribution < -0.4 is 10.1 Å². The van der Waals surface area contributed by atoms with Crippen molar-refractivity contribution in [2.24, 2.45) is 0 Å². The summed E-state index contributed by atoms with van der Waals surface area (Å²) in [4.78, 5) is 0. The van der Waals surface area contributed by atoms with Gasteiger partial charge in [0.05, 0.1) is 5.02 Å². The highest BCUT2D eigenvalue weighted by Crippen LogP contribution is 2.23. The third-order valence-electron chi connectivity index (χ3n) is 2.99. The fourth-order valence-electron chi connectivity index (χ4n) is 1.86. The van der Waals surface area contributed by atoms with Crippen molar-refractivity contribution < 1.29 is 13.5 Å². The monoisotopic (exact) mass is 311 g/mol. The second-order valence-corrected chi connectivity index (χ2v) is 4.92. The zero-order valence-corrected chi connectivity index (χ0v) is 12.4. The first-order chi connectivity index (χ1) is 10.1. The molecule has 0 radical (unpaired) electrons. The summed E-state index contributed by atoms with van der Waals surface area (Å²) in [5.74, 6) is -0.840. The first-order valence-corrected chi connectivity index (χ1v) is 7.04. The smallest absolute Gasteiger partial charge is 0.165 e. The molecule has 21 heavy (non-hydrogen) atoms. The molecule has 0 aromatic heterocycles. The second kappa shape index (κ2) is 7.38. The van der Waals surface area contributed by atoms with Crippen LogP contribution in [0.2, 0.25) is 5.02 Å². The molecule has 0 aliphatic heterocycles. The van der Waals surface area contributed by atoms with E-state index in [-0.39, 0.29) is 17.4 Å². The van der Waals surface area contributed by atoms with Gasteiger partial charge in [0, 0.05) is 12.1 Å². The molecule has 0 amide bonds. The molecule has 2 aromatic carbocycles. The molecule has 5 heteroatoms. The van der Waals surface area contributed by atoms with Gasteiger partial charge < -0.3 is 10.1 Å². The van der Waals surface area contributed by atoms with Crippen molar-refractivity contribution >= 4 is 11.6 Å². The number of rotatable bonds is 6. The minimum absolute atomic E-state index is 0.00155. The van der Waals surface area contributed by atoms with Gasteiger partial charge in [-0.15, -0.1) is 0 Å². The zero-order valence-electron chi connectivity index (χ0n) is 11.6. The van der Waals surface area contributed by atoms with E-state index in [0.717, 1.165) is 12.1 Å². The van der Waals surface area contributed by atoms with Crippen LogP contribution in [-0.2, 0) is 13.2 Å². The molecule has 0 saturated carbocycles. The van der Waals surface area contributed by atoms with Gasteiger partial charge in [0.15, 0.2) is 11.6 Å². The lowest BCUT2D eigenvalue weighted by molar-refractivity contribution is 0.289. The van der Waals surface area contributed by atoms with E-state index in [1.165, 1.54) is 18.2 Å². The van der Waals surface area contributed by atoms with Crippen molar-refractivity contribution in [1.82, 2.24) is 5.32 Å². The fourth-order valence-corrected chi connectivity index (χ4v) is 2.04. The van der Waals surface area contributed by atoms with Gasteiger partial charge in [-0.05, 0) is 30.3 Å². The molecule has 0 fully saturated rings. The predicted octanol–water partition coefficient (Wildman–Crippen LogP) is 4.31. The number of ether oxygens (including phenoxy) is 1. The van der Waals surface area contributed by atoms with Crippen molar-refractivity contribution in [3.8, 4) is 5.75 Å². The number of nitrogens with one attached hydrogen (secondary N) is 1. The Kier molecular flexibility index (Phi) is 5.53. The average molecular weight is 312 g/mol. The number of hydrogen-bond acceptors (Lipinski definition) is 2. The van der Waals surface area contributed by atoms with Crippen LogP contribution >= 0.6 is 11.6 Å². The lowest BCUT2D eigenvalue weighted by Gasteiger charge is -2.10. The largest absolute Gasteiger partial charge is 0.486 e. The van der Waals surface area contributed by atoms with Crippen LogP contribution in [0.5, 0.6) is 5.75 Å². The topological polar surface area (TPSA) is 21.3 Å². The van der Waals surface area contributed by atoms with Gasteiger partial charge in [-0.25, -0.2) is 8.78 Å². The lowest BCUT2D eigenvalue weighted by Crippen LogP contribution is -2.11. The maximum absolute atomic E-state index is 13.9. The van der Waals surface area contributed by atoms with E-state index in [4.69, 9.17) is 16.3 Å². The van der Waals surface area contributed by atoms with Crippen LogP contribution in [0.4, 0.5) is 8.78 Å². The van der Waals surface area contributed by atoms with Gasteiger partial charge >= 0.3 is 0 Å². The van der Waals surface area contributed by atoms with Crippen molar-refractivity contribution in [1.29, 1.82) is 0 Å². The second-order valence-electron chi connectivity index (χ2n) is 4.55. The summed E-state index contributed by atoms with van der Waals surface area (Å²) in [7, 11) is 0. The molecule has 2 rings (SSSR count). The highest BCUT2D eigenvalue weighted by Gasteiger charge is 2.09. The van der Waals surface area contributed by atoms with E-state index in [9.17, 15) is 8.78 Å². The van der Waals surface area contributed by atoms with E-state index >= 15 is 0 Å². The Balaban J connectivity index is 2.04. The van der Waals surface area contributed by atoms with Crippen molar-refractivity contribution in [3.05, 3.63) is 64.2 Å². The molecule has 1 N–H and O–H groups in total. The predicted molar refractivity (Wildman–Crippen MR) is 79.5 cm³/mol. The molecule has 0 spiro atoms. The minimum atomic E-state index is -0.515. The molecular formula is C16H16ClF2NO. The van der Waals surface area contributed by atoms with Gasteiger partial charge in [-0.1, -0.05) is 36.7 Å². The van der Waals surface area contributed by atoms with E-state index in [0.29, 0.717) is 12.1 Å². The van der Waals surface area contributed by atoms with Gasteiger partial charge in [0.1, 0.15) is 12.4 Å². The Hall–Kier alpha value is -1.65. The Labute approximate surface area is 127 Å². The van der Waals surface area contributed by atoms with E-state index in [2.05, 4.69) is 5.32 Å². The zero-order chi connectivity index (χ0) is 15.2. The van der Waals surface area contributed by atoms with Gasteiger partial charge in [-0.3, -0.25) is 0 Å². The molecule has 2 nitrogen and oxygen atoms in total. The minimum Gasteiger partial charge on any atom is -0.486 e. The number of hydrogen-bond donors (Lipinski definition) is 1. The Morgan fingerprint density at radius 1 is 1.14 bits per heavy atom. The van der Waals surface area contributed by atoms with E-state index in [1.807, 2.05) is 6.92 Å².